The van der Waals surface area contributed by atoms with Crippen molar-refractivity contribution in [3.63, 3.8) is 0 Å². The number of fused-ring (bicyclic) bond motifs is 1. The standard InChI is InChI=1S/C20H15FN2O/c21-16-10-8-14(9-11-16)13-22-17-5-3-4-15(12-17)20-23-18-6-1-2-7-19(18)24-20/h1-12,22H,13H2. The van der Waals surface area contributed by atoms with Crippen molar-refractivity contribution in [3.05, 3.63) is 84.2 Å². The van der Waals surface area contributed by atoms with E-state index in [0.29, 0.717) is 12.4 Å². The van der Waals surface area contributed by atoms with Gasteiger partial charge in [0.2, 0.25) is 5.89 Å². The molecule has 1 heterocycles. The van der Waals surface area contributed by atoms with E-state index < -0.39 is 0 Å². The molecule has 0 saturated heterocycles. The molecule has 1 N–H and O–H groups in total. The molecule has 0 saturated carbocycles. The number of aromatic nitrogens is 1. The molecule has 3 aromatic carbocycles. The summed E-state index contributed by atoms with van der Waals surface area (Å²) in [6, 6.07) is 22.1. The molecule has 0 aliphatic heterocycles. The third kappa shape index (κ3) is 2.99. The van der Waals surface area contributed by atoms with Gasteiger partial charge in [0.1, 0.15) is 11.3 Å². The molecule has 4 rings (SSSR count). The second-order valence-electron chi connectivity index (χ2n) is 5.55. The fourth-order valence-electron chi connectivity index (χ4n) is 2.56. The van der Waals surface area contributed by atoms with E-state index in [2.05, 4.69) is 10.3 Å². The van der Waals surface area contributed by atoms with Crippen molar-refractivity contribution in [2.24, 2.45) is 0 Å². The lowest BCUT2D eigenvalue weighted by Crippen LogP contribution is -1.99. The second-order valence-corrected chi connectivity index (χ2v) is 5.55. The molecule has 0 aliphatic rings. The van der Waals surface area contributed by atoms with E-state index in [0.717, 1.165) is 27.9 Å². The second kappa shape index (κ2) is 6.16. The highest BCUT2D eigenvalue weighted by Crippen LogP contribution is 2.26. The average molecular weight is 318 g/mol. The SMILES string of the molecule is Fc1ccc(CNc2cccc(-c3nc4ccccc4o3)c2)cc1. The van der Waals surface area contributed by atoms with Crippen LogP contribution >= 0.6 is 0 Å². The first-order valence-corrected chi connectivity index (χ1v) is 7.72. The van der Waals surface area contributed by atoms with Crippen LogP contribution in [0.4, 0.5) is 10.1 Å². The summed E-state index contributed by atoms with van der Waals surface area (Å²) in [6.07, 6.45) is 0. The van der Waals surface area contributed by atoms with Gasteiger partial charge in [-0.25, -0.2) is 9.37 Å². The van der Waals surface area contributed by atoms with Crippen LogP contribution in [0.25, 0.3) is 22.6 Å². The van der Waals surface area contributed by atoms with E-state index in [1.165, 1.54) is 12.1 Å². The minimum atomic E-state index is -0.225. The van der Waals surface area contributed by atoms with Gasteiger partial charge in [-0.15, -0.1) is 0 Å². The lowest BCUT2D eigenvalue weighted by molar-refractivity contribution is 0.620. The highest BCUT2D eigenvalue weighted by Gasteiger charge is 2.08. The first-order valence-electron chi connectivity index (χ1n) is 7.72. The molecule has 0 spiro atoms. The number of hydrogen-bond acceptors (Lipinski definition) is 3. The van der Waals surface area contributed by atoms with Gasteiger partial charge in [0.15, 0.2) is 5.58 Å². The normalized spacial score (nSPS) is 10.9. The van der Waals surface area contributed by atoms with Crippen LogP contribution in [0.15, 0.2) is 77.2 Å². The number of nitrogens with zero attached hydrogens (tertiary/aromatic N) is 1. The van der Waals surface area contributed by atoms with Crippen molar-refractivity contribution >= 4 is 16.8 Å². The van der Waals surface area contributed by atoms with Crippen molar-refractivity contribution in [2.45, 2.75) is 6.54 Å². The third-order valence-corrected chi connectivity index (χ3v) is 3.81. The van der Waals surface area contributed by atoms with Crippen LogP contribution in [0.2, 0.25) is 0 Å². The molecule has 0 amide bonds. The quantitative estimate of drug-likeness (QED) is 0.559. The lowest BCUT2D eigenvalue weighted by Gasteiger charge is -2.07. The van der Waals surface area contributed by atoms with Crippen molar-refractivity contribution in [1.82, 2.24) is 4.98 Å². The lowest BCUT2D eigenvalue weighted by atomic mass is 10.2. The molecular formula is C20H15FN2O. The van der Waals surface area contributed by atoms with Gasteiger partial charge >= 0.3 is 0 Å². The van der Waals surface area contributed by atoms with Gasteiger partial charge in [-0.05, 0) is 48.0 Å². The monoisotopic (exact) mass is 318 g/mol. The van der Waals surface area contributed by atoms with Crippen molar-refractivity contribution in [2.75, 3.05) is 5.32 Å². The van der Waals surface area contributed by atoms with Gasteiger partial charge in [-0.1, -0.05) is 30.3 Å². The summed E-state index contributed by atoms with van der Waals surface area (Å²) in [5, 5.41) is 3.33. The molecule has 0 unspecified atom stereocenters. The number of halogens is 1. The van der Waals surface area contributed by atoms with Gasteiger partial charge in [0.25, 0.3) is 0 Å². The largest absolute Gasteiger partial charge is 0.436 e. The van der Waals surface area contributed by atoms with Gasteiger partial charge < -0.3 is 9.73 Å². The fourth-order valence-corrected chi connectivity index (χ4v) is 2.56. The molecule has 4 aromatic rings. The number of benzene rings is 3. The van der Waals surface area contributed by atoms with E-state index in [4.69, 9.17) is 4.42 Å². The Hall–Kier alpha value is -3.14. The predicted octanol–water partition coefficient (Wildman–Crippen LogP) is 5.25. The van der Waals surface area contributed by atoms with E-state index in [1.807, 2.05) is 48.5 Å². The van der Waals surface area contributed by atoms with E-state index in [9.17, 15) is 4.39 Å². The Labute approximate surface area is 138 Å². The number of nitrogens with one attached hydrogen (secondary N) is 1. The van der Waals surface area contributed by atoms with Crippen molar-refractivity contribution in [1.29, 1.82) is 0 Å². The fraction of sp³-hybridized carbons (Fsp3) is 0.0500. The molecule has 0 radical (unpaired) electrons. The number of anilines is 1. The molecule has 0 bridgehead atoms. The summed E-state index contributed by atoms with van der Waals surface area (Å²) >= 11 is 0. The van der Waals surface area contributed by atoms with Crippen molar-refractivity contribution < 1.29 is 8.81 Å². The number of oxazole rings is 1. The molecule has 118 valence electrons. The van der Waals surface area contributed by atoms with E-state index >= 15 is 0 Å². The number of rotatable bonds is 4. The maximum Gasteiger partial charge on any atom is 0.227 e. The third-order valence-electron chi connectivity index (χ3n) is 3.81. The topological polar surface area (TPSA) is 38.1 Å². The first kappa shape index (κ1) is 14.5. The summed E-state index contributed by atoms with van der Waals surface area (Å²) in [7, 11) is 0. The zero-order valence-corrected chi connectivity index (χ0v) is 12.9. The van der Waals surface area contributed by atoms with Gasteiger partial charge in [0, 0.05) is 17.8 Å². The van der Waals surface area contributed by atoms with Crippen LogP contribution in [0, 0.1) is 5.82 Å². The molecule has 4 heteroatoms. The Morgan fingerprint density at radius 2 is 1.75 bits per heavy atom. The molecular weight excluding hydrogens is 303 g/mol. The maximum atomic E-state index is 12.9. The highest BCUT2D eigenvalue weighted by molar-refractivity contribution is 5.76. The van der Waals surface area contributed by atoms with E-state index in [-0.39, 0.29) is 5.82 Å². The predicted molar refractivity (Wildman–Crippen MR) is 93.2 cm³/mol. The van der Waals surface area contributed by atoms with Gasteiger partial charge in [0.05, 0.1) is 0 Å². The molecule has 0 atom stereocenters. The smallest absolute Gasteiger partial charge is 0.227 e. The van der Waals surface area contributed by atoms with Crippen molar-refractivity contribution in [3.8, 4) is 11.5 Å². The molecule has 0 aliphatic carbocycles. The summed E-state index contributed by atoms with van der Waals surface area (Å²) in [5.41, 5.74) is 4.51. The number of hydrogen-bond donors (Lipinski definition) is 1. The minimum Gasteiger partial charge on any atom is -0.436 e. The Kier molecular flexibility index (Phi) is 3.71. The van der Waals surface area contributed by atoms with Crippen LogP contribution in [0.1, 0.15) is 5.56 Å². The van der Waals surface area contributed by atoms with Gasteiger partial charge in [-0.3, -0.25) is 0 Å². The molecule has 0 fully saturated rings. The molecule has 24 heavy (non-hydrogen) atoms. The Morgan fingerprint density at radius 3 is 2.58 bits per heavy atom. The summed E-state index contributed by atoms with van der Waals surface area (Å²) in [6.45, 7) is 0.622. The van der Waals surface area contributed by atoms with Gasteiger partial charge in [-0.2, -0.15) is 0 Å². The Bertz CT molecular complexity index is 943. The van der Waals surface area contributed by atoms with Crippen LogP contribution in [0.3, 0.4) is 0 Å². The first-order chi connectivity index (χ1) is 11.8. The Balaban J connectivity index is 1.55. The minimum absolute atomic E-state index is 0.225. The number of para-hydroxylation sites is 2. The zero-order chi connectivity index (χ0) is 16.4. The summed E-state index contributed by atoms with van der Waals surface area (Å²) in [5.74, 6) is 0.373. The van der Waals surface area contributed by atoms with Crippen LogP contribution in [0.5, 0.6) is 0 Å². The van der Waals surface area contributed by atoms with Crippen LogP contribution < -0.4 is 5.32 Å². The van der Waals surface area contributed by atoms with Crippen LogP contribution in [-0.4, -0.2) is 4.98 Å². The maximum absolute atomic E-state index is 12.9. The average Bonchev–Trinajstić information content (AvgIpc) is 3.06. The zero-order valence-electron chi connectivity index (χ0n) is 12.9. The summed E-state index contributed by atoms with van der Waals surface area (Å²) < 4.78 is 18.7. The summed E-state index contributed by atoms with van der Waals surface area (Å²) in [4.78, 5) is 4.52. The van der Waals surface area contributed by atoms with Crippen LogP contribution in [-0.2, 0) is 6.54 Å². The molecule has 1 aromatic heterocycles. The Morgan fingerprint density at radius 1 is 0.917 bits per heavy atom. The van der Waals surface area contributed by atoms with E-state index in [1.54, 1.807) is 12.1 Å². The molecule has 3 nitrogen and oxygen atoms in total. The highest BCUT2D eigenvalue weighted by atomic mass is 19.1.